The van der Waals surface area contributed by atoms with E-state index in [4.69, 9.17) is 5.73 Å². The highest BCUT2D eigenvalue weighted by Gasteiger charge is 2.20. The summed E-state index contributed by atoms with van der Waals surface area (Å²) in [6, 6.07) is 9.48. The lowest BCUT2D eigenvalue weighted by Gasteiger charge is -2.19. The molecule has 2 heterocycles. The molecule has 0 spiro atoms. The first-order valence-corrected chi connectivity index (χ1v) is 10.8. The van der Waals surface area contributed by atoms with Crippen molar-refractivity contribution in [3.8, 4) is 17.1 Å². The quantitative estimate of drug-likeness (QED) is 0.441. The molecule has 4 rings (SSSR count). The number of primary amides is 1. The highest BCUT2D eigenvalue weighted by molar-refractivity contribution is 5.99. The predicted octanol–water partition coefficient (Wildman–Crippen LogP) is 2.71. The fourth-order valence-electron chi connectivity index (χ4n) is 3.78. The van der Waals surface area contributed by atoms with E-state index < -0.39 is 17.3 Å². The maximum atomic E-state index is 14.5. The van der Waals surface area contributed by atoms with E-state index in [2.05, 4.69) is 15.1 Å². The Morgan fingerprint density at radius 2 is 1.83 bits per heavy atom. The Balaban J connectivity index is 1.72. The SMILES string of the molecule is Cc1nn(-c2ncc(-c3cc(C(C)(C)O)ccc3F)cn2)c2cc(C(=O)N(C)CC(N)=O)ccc12. The first-order chi connectivity index (χ1) is 16.5. The average molecular weight is 477 g/mol. The number of amides is 2. The summed E-state index contributed by atoms with van der Waals surface area (Å²) in [7, 11) is 1.49. The lowest BCUT2D eigenvalue weighted by molar-refractivity contribution is -0.118. The summed E-state index contributed by atoms with van der Waals surface area (Å²) in [5.41, 5.74) is 7.00. The number of nitrogens with zero attached hydrogens (tertiary/aromatic N) is 5. The number of fused-ring (bicyclic) bond motifs is 1. The van der Waals surface area contributed by atoms with Crippen molar-refractivity contribution in [3.63, 3.8) is 0 Å². The second kappa shape index (κ2) is 8.88. The van der Waals surface area contributed by atoms with Gasteiger partial charge in [0.25, 0.3) is 11.9 Å². The van der Waals surface area contributed by atoms with Crippen LogP contribution in [0.4, 0.5) is 4.39 Å². The molecular formula is C25H25FN6O3. The van der Waals surface area contributed by atoms with Gasteiger partial charge in [0.2, 0.25) is 5.91 Å². The normalized spacial score (nSPS) is 11.6. The third kappa shape index (κ3) is 4.73. The Kier molecular flexibility index (Phi) is 6.08. The Morgan fingerprint density at radius 1 is 1.14 bits per heavy atom. The molecule has 0 aliphatic carbocycles. The molecule has 2 aromatic carbocycles. The van der Waals surface area contributed by atoms with Gasteiger partial charge in [0.05, 0.1) is 23.4 Å². The van der Waals surface area contributed by atoms with Crippen molar-refractivity contribution < 1.29 is 19.1 Å². The fraction of sp³-hybridized carbons (Fsp3) is 0.240. The zero-order chi connectivity index (χ0) is 25.5. The van der Waals surface area contributed by atoms with Crippen LogP contribution in [0.5, 0.6) is 0 Å². The van der Waals surface area contributed by atoms with Gasteiger partial charge in [0.1, 0.15) is 5.82 Å². The Morgan fingerprint density at radius 3 is 2.46 bits per heavy atom. The van der Waals surface area contributed by atoms with E-state index in [1.165, 1.54) is 41.2 Å². The van der Waals surface area contributed by atoms with Gasteiger partial charge in [-0.25, -0.2) is 14.4 Å². The summed E-state index contributed by atoms with van der Waals surface area (Å²) in [6.07, 6.45) is 2.96. The smallest absolute Gasteiger partial charge is 0.254 e. The summed E-state index contributed by atoms with van der Waals surface area (Å²) < 4.78 is 16.0. The highest BCUT2D eigenvalue weighted by Crippen LogP contribution is 2.29. The molecule has 10 heteroatoms. The van der Waals surface area contributed by atoms with E-state index in [1.807, 2.05) is 6.92 Å². The van der Waals surface area contributed by atoms with E-state index in [9.17, 15) is 19.1 Å². The third-order valence-electron chi connectivity index (χ3n) is 5.66. The number of nitrogens with two attached hydrogens (primary N) is 1. The molecule has 2 amide bonds. The first-order valence-electron chi connectivity index (χ1n) is 10.8. The van der Waals surface area contributed by atoms with Crippen LogP contribution in [0.1, 0.15) is 35.5 Å². The Bertz CT molecular complexity index is 1440. The minimum absolute atomic E-state index is 0.203. The van der Waals surface area contributed by atoms with Crippen LogP contribution in [0.25, 0.3) is 28.0 Å². The third-order valence-corrected chi connectivity index (χ3v) is 5.66. The van der Waals surface area contributed by atoms with Crippen LogP contribution >= 0.6 is 0 Å². The van der Waals surface area contributed by atoms with Crippen LogP contribution < -0.4 is 5.73 Å². The molecule has 4 aromatic rings. The minimum atomic E-state index is -1.13. The summed E-state index contributed by atoms with van der Waals surface area (Å²) in [4.78, 5) is 33.9. The Labute approximate surface area is 201 Å². The second-order valence-corrected chi connectivity index (χ2v) is 8.88. The van der Waals surface area contributed by atoms with Gasteiger partial charge >= 0.3 is 0 Å². The topological polar surface area (TPSA) is 127 Å². The molecule has 0 saturated heterocycles. The van der Waals surface area contributed by atoms with Gasteiger partial charge in [0, 0.05) is 41.5 Å². The molecule has 0 aliphatic heterocycles. The number of carbonyl (C=O) groups excluding carboxylic acids is 2. The van der Waals surface area contributed by atoms with Gasteiger partial charge in [-0.1, -0.05) is 12.1 Å². The average Bonchev–Trinajstić information content (AvgIpc) is 3.13. The van der Waals surface area contributed by atoms with Crippen LogP contribution in [-0.2, 0) is 10.4 Å². The van der Waals surface area contributed by atoms with Crippen molar-refractivity contribution in [3.05, 3.63) is 71.4 Å². The van der Waals surface area contributed by atoms with Gasteiger partial charge in [-0.2, -0.15) is 9.78 Å². The lowest BCUT2D eigenvalue weighted by Crippen LogP contribution is -2.35. The van der Waals surface area contributed by atoms with Gasteiger partial charge in [-0.3, -0.25) is 9.59 Å². The Hall–Kier alpha value is -4.18. The number of hydrogen-bond donors (Lipinski definition) is 2. The maximum absolute atomic E-state index is 14.5. The predicted molar refractivity (Wildman–Crippen MR) is 128 cm³/mol. The molecule has 0 radical (unpaired) electrons. The van der Waals surface area contributed by atoms with Gasteiger partial charge in [-0.05, 0) is 50.6 Å². The van der Waals surface area contributed by atoms with Crippen LogP contribution in [0.2, 0.25) is 0 Å². The van der Waals surface area contributed by atoms with E-state index in [1.54, 1.807) is 38.1 Å². The molecule has 0 fully saturated rings. The largest absolute Gasteiger partial charge is 0.386 e. The zero-order valence-corrected chi connectivity index (χ0v) is 19.8. The molecule has 0 bridgehead atoms. The lowest BCUT2D eigenvalue weighted by atomic mass is 9.95. The van der Waals surface area contributed by atoms with Crippen LogP contribution in [0.3, 0.4) is 0 Å². The van der Waals surface area contributed by atoms with Gasteiger partial charge in [0.15, 0.2) is 0 Å². The van der Waals surface area contributed by atoms with E-state index >= 15 is 0 Å². The van der Waals surface area contributed by atoms with Crippen molar-refractivity contribution >= 4 is 22.7 Å². The number of hydrogen-bond acceptors (Lipinski definition) is 6. The van der Waals surface area contributed by atoms with E-state index in [-0.39, 0.29) is 24.0 Å². The minimum Gasteiger partial charge on any atom is -0.386 e. The zero-order valence-electron chi connectivity index (χ0n) is 19.8. The van der Waals surface area contributed by atoms with Crippen LogP contribution in [0, 0.1) is 12.7 Å². The molecule has 0 atom stereocenters. The van der Waals surface area contributed by atoms with Crippen molar-refractivity contribution in [2.24, 2.45) is 5.73 Å². The highest BCUT2D eigenvalue weighted by atomic mass is 19.1. The van der Waals surface area contributed by atoms with Crippen molar-refractivity contribution in [1.29, 1.82) is 0 Å². The number of likely N-dealkylation sites (N-methyl/N-ethyl adjacent to an activating group) is 1. The second-order valence-electron chi connectivity index (χ2n) is 8.88. The molecule has 0 aliphatic rings. The molecular weight excluding hydrogens is 451 g/mol. The number of rotatable bonds is 6. The number of aryl methyl sites for hydroxylation is 1. The molecule has 2 aromatic heterocycles. The summed E-state index contributed by atoms with van der Waals surface area (Å²) in [6.45, 7) is 4.87. The van der Waals surface area contributed by atoms with E-state index in [0.717, 1.165) is 5.39 Å². The number of aliphatic hydroxyl groups is 1. The number of aromatic nitrogens is 4. The standard InChI is InChI=1S/C25H25FN6O3/c1-14-18-7-5-15(23(34)31(4)13-22(27)33)9-21(18)32(30-14)24-28-11-16(12-29-24)19-10-17(25(2,3)35)6-8-20(19)26/h5-12,35H,13H2,1-4H3,(H2,27,33). The maximum Gasteiger partial charge on any atom is 0.254 e. The number of halogens is 1. The van der Waals surface area contributed by atoms with Crippen LogP contribution in [0.15, 0.2) is 48.8 Å². The first kappa shape index (κ1) is 24.0. The molecule has 0 unspecified atom stereocenters. The number of carbonyl (C=O) groups is 2. The summed E-state index contributed by atoms with van der Waals surface area (Å²) >= 11 is 0. The molecule has 0 saturated carbocycles. The summed E-state index contributed by atoms with van der Waals surface area (Å²) in [5.74, 6) is -1.20. The van der Waals surface area contributed by atoms with Crippen molar-refractivity contribution in [2.75, 3.05) is 13.6 Å². The van der Waals surface area contributed by atoms with Crippen molar-refractivity contribution in [1.82, 2.24) is 24.6 Å². The molecule has 3 N–H and O–H groups in total. The molecule has 35 heavy (non-hydrogen) atoms. The van der Waals surface area contributed by atoms with E-state index in [0.29, 0.717) is 27.9 Å². The fourth-order valence-corrected chi connectivity index (χ4v) is 3.78. The van der Waals surface area contributed by atoms with Crippen LogP contribution in [-0.4, -0.2) is 55.2 Å². The molecule has 180 valence electrons. The van der Waals surface area contributed by atoms with Crippen molar-refractivity contribution in [2.45, 2.75) is 26.4 Å². The van der Waals surface area contributed by atoms with Gasteiger partial charge in [-0.15, -0.1) is 0 Å². The molecule has 9 nitrogen and oxygen atoms in total. The number of benzene rings is 2. The monoisotopic (exact) mass is 476 g/mol. The summed E-state index contributed by atoms with van der Waals surface area (Å²) in [5, 5.41) is 15.6. The van der Waals surface area contributed by atoms with Gasteiger partial charge < -0.3 is 15.7 Å².